The summed E-state index contributed by atoms with van der Waals surface area (Å²) in [5.41, 5.74) is 1.96. The summed E-state index contributed by atoms with van der Waals surface area (Å²) in [5, 5.41) is 10.1. The number of rotatable bonds is 4. The smallest absolute Gasteiger partial charge is 0.231 e. The lowest BCUT2D eigenvalue weighted by molar-refractivity contribution is 0.174. The van der Waals surface area contributed by atoms with Gasteiger partial charge in [-0.25, -0.2) is 0 Å². The van der Waals surface area contributed by atoms with Crippen LogP contribution in [-0.2, 0) is 6.54 Å². The minimum Gasteiger partial charge on any atom is -0.507 e. The molecule has 4 heteroatoms. The molecule has 4 nitrogen and oxygen atoms in total. The largest absolute Gasteiger partial charge is 0.507 e. The standard InChI is InChI=1S/C16H17NO3/c1-2-17(13-6-4-3-5-7-13)10-12-8-15-16(9-14(12)18)20-11-19-15/h3-9,18H,2,10-11H2,1H3. The van der Waals surface area contributed by atoms with E-state index in [0.717, 1.165) is 17.8 Å². The van der Waals surface area contributed by atoms with Crippen molar-refractivity contribution in [1.82, 2.24) is 0 Å². The number of para-hydroxylation sites is 1. The minimum absolute atomic E-state index is 0.217. The third-order valence-corrected chi connectivity index (χ3v) is 3.44. The fraction of sp³-hybridized carbons (Fsp3) is 0.250. The van der Waals surface area contributed by atoms with Crippen LogP contribution >= 0.6 is 0 Å². The van der Waals surface area contributed by atoms with Crippen LogP contribution in [0.4, 0.5) is 5.69 Å². The number of hydrogen-bond acceptors (Lipinski definition) is 4. The Balaban J connectivity index is 1.86. The minimum atomic E-state index is 0.217. The Bertz CT molecular complexity index is 598. The van der Waals surface area contributed by atoms with Gasteiger partial charge in [-0.15, -0.1) is 0 Å². The molecule has 2 aromatic rings. The quantitative estimate of drug-likeness (QED) is 0.927. The molecular formula is C16H17NO3. The van der Waals surface area contributed by atoms with E-state index in [9.17, 15) is 5.11 Å². The molecular weight excluding hydrogens is 254 g/mol. The second kappa shape index (κ2) is 5.33. The molecule has 0 atom stereocenters. The highest BCUT2D eigenvalue weighted by molar-refractivity contribution is 5.54. The number of fused-ring (bicyclic) bond motifs is 1. The first-order valence-corrected chi connectivity index (χ1v) is 6.69. The van der Waals surface area contributed by atoms with Crippen molar-refractivity contribution < 1.29 is 14.6 Å². The van der Waals surface area contributed by atoms with Crippen LogP contribution in [-0.4, -0.2) is 18.4 Å². The highest BCUT2D eigenvalue weighted by Crippen LogP contribution is 2.38. The molecule has 0 saturated carbocycles. The lowest BCUT2D eigenvalue weighted by Crippen LogP contribution is -2.21. The summed E-state index contributed by atoms with van der Waals surface area (Å²) in [6, 6.07) is 13.6. The van der Waals surface area contributed by atoms with Crippen LogP contribution in [0.1, 0.15) is 12.5 Å². The van der Waals surface area contributed by atoms with Crippen molar-refractivity contribution in [1.29, 1.82) is 0 Å². The van der Waals surface area contributed by atoms with E-state index >= 15 is 0 Å². The lowest BCUT2D eigenvalue weighted by Gasteiger charge is -2.23. The zero-order valence-corrected chi connectivity index (χ0v) is 11.4. The molecule has 0 unspecified atom stereocenters. The molecule has 2 aromatic carbocycles. The molecule has 0 aromatic heterocycles. The molecule has 0 fully saturated rings. The van der Waals surface area contributed by atoms with E-state index in [1.54, 1.807) is 6.07 Å². The van der Waals surface area contributed by atoms with Crippen molar-refractivity contribution in [3.8, 4) is 17.2 Å². The fourth-order valence-corrected chi connectivity index (χ4v) is 2.33. The van der Waals surface area contributed by atoms with Crippen LogP contribution in [0.15, 0.2) is 42.5 Å². The van der Waals surface area contributed by atoms with Crippen LogP contribution in [0.25, 0.3) is 0 Å². The van der Waals surface area contributed by atoms with Crippen LogP contribution in [0.5, 0.6) is 17.2 Å². The molecule has 104 valence electrons. The number of hydrogen-bond donors (Lipinski definition) is 1. The maximum atomic E-state index is 10.1. The SMILES string of the molecule is CCN(Cc1cc2c(cc1O)OCO2)c1ccccc1. The maximum absolute atomic E-state index is 10.1. The number of phenolic OH excluding ortho intramolecular Hbond substituents is 1. The van der Waals surface area contributed by atoms with Gasteiger partial charge in [0.15, 0.2) is 11.5 Å². The van der Waals surface area contributed by atoms with Crippen molar-refractivity contribution in [2.24, 2.45) is 0 Å². The van der Waals surface area contributed by atoms with Gasteiger partial charge in [0.25, 0.3) is 0 Å². The van der Waals surface area contributed by atoms with Crippen molar-refractivity contribution in [3.63, 3.8) is 0 Å². The van der Waals surface area contributed by atoms with E-state index in [0.29, 0.717) is 18.0 Å². The molecule has 1 aliphatic rings. The van der Waals surface area contributed by atoms with Crippen LogP contribution in [0, 0.1) is 0 Å². The van der Waals surface area contributed by atoms with Gasteiger partial charge in [0.2, 0.25) is 6.79 Å². The molecule has 0 saturated heterocycles. The molecule has 0 bridgehead atoms. The predicted octanol–water partition coefficient (Wildman–Crippen LogP) is 3.15. The van der Waals surface area contributed by atoms with Crippen LogP contribution < -0.4 is 14.4 Å². The topological polar surface area (TPSA) is 41.9 Å². The number of aromatic hydroxyl groups is 1. The zero-order valence-electron chi connectivity index (χ0n) is 11.4. The van der Waals surface area contributed by atoms with Crippen molar-refractivity contribution >= 4 is 5.69 Å². The molecule has 3 rings (SSSR count). The molecule has 0 radical (unpaired) electrons. The monoisotopic (exact) mass is 271 g/mol. The summed E-state index contributed by atoms with van der Waals surface area (Å²) in [6.07, 6.45) is 0. The van der Waals surface area contributed by atoms with Crippen molar-refractivity contribution in [2.45, 2.75) is 13.5 Å². The number of ether oxygens (including phenoxy) is 2. The Morgan fingerprint density at radius 1 is 1.10 bits per heavy atom. The van der Waals surface area contributed by atoms with E-state index in [1.807, 2.05) is 24.3 Å². The Labute approximate surface area is 118 Å². The summed E-state index contributed by atoms with van der Waals surface area (Å²) in [4.78, 5) is 2.19. The second-order valence-corrected chi connectivity index (χ2v) is 4.68. The number of benzene rings is 2. The van der Waals surface area contributed by atoms with E-state index in [-0.39, 0.29) is 12.5 Å². The normalized spacial score (nSPS) is 12.4. The third-order valence-electron chi connectivity index (χ3n) is 3.44. The van der Waals surface area contributed by atoms with Gasteiger partial charge in [-0.3, -0.25) is 0 Å². The summed E-state index contributed by atoms with van der Waals surface area (Å²) in [5.74, 6) is 1.54. The lowest BCUT2D eigenvalue weighted by atomic mass is 10.1. The summed E-state index contributed by atoms with van der Waals surface area (Å²) in [6.45, 7) is 3.80. The highest BCUT2D eigenvalue weighted by Gasteiger charge is 2.18. The molecule has 20 heavy (non-hydrogen) atoms. The first kappa shape index (κ1) is 12.7. The van der Waals surface area contributed by atoms with Crippen molar-refractivity contribution in [2.75, 3.05) is 18.2 Å². The molecule has 0 aliphatic carbocycles. The van der Waals surface area contributed by atoms with Gasteiger partial charge in [0.1, 0.15) is 5.75 Å². The summed E-state index contributed by atoms with van der Waals surface area (Å²) < 4.78 is 10.6. The number of nitrogens with zero attached hydrogens (tertiary/aromatic N) is 1. The van der Waals surface area contributed by atoms with E-state index < -0.39 is 0 Å². The molecule has 1 heterocycles. The van der Waals surface area contributed by atoms with Crippen molar-refractivity contribution in [3.05, 3.63) is 48.0 Å². The van der Waals surface area contributed by atoms with Gasteiger partial charge in [0.05, 0.1) is 0 Å². The Hall–Kier alpha value is -2.36. The second-order valence-electron chi connectivity index (χ2n) is 4.68. The first-order valence-electron chi connectivity index (χ1n) is 6.69. The average molecular weight is 271 g/mol. The molecule has 1 aliphatic heterocycles. The third kappa shape index (κ3) is 2.37. The Morgan fingerprint density at radius 3 is 2.50 bits per heavy atom. The van der Waals surface area contributed by atoms with Gasteiger partial charge in [-0.1, -0.05) is 18.2 Å². The number of phenols is 1. The van der Waals surface area contributed by atoms with E-state index in [4.69, 9.17) is 9.47 Å². The average Bonchev–Trinajstić information content (AvgIpc) is 2.92. The predicted molar refractivity (Wildman–Crippen MR) is 77.4 cm³/mol. The fourth-order valence-electron chi connectivity index (χ4n) is 2.33. The van der Waals surface area contributed by atoms with E-state index in [1.165, 1.54) is 0 Å². The van der Waals surface area contributed by atoms with Gasteiger partial charge >= 0.3 is 0 Å². The first-order chi connectivity index (χ1) is 9.78. The van der Waals surface area contributed by atoms with Gasteiger partial charge < -0.3 is 19.5 Å². The molecule has 0 spiro atoms. The maximum Gasteiger partial charge on any atom is 0.231 e. The zero-order chi connectivity index (χ0) is 13.9. The van der Waals surface area contributed by atoms with Gasteiger partial charge in [-0.2, -0.15) is 0 Å². The Morgan fingerprint density at radius 2 is 1.80 bits per heavy atom. The van der Waals surface area contributed by atoms with Crippen LogP contribution in [0.2, 0.25) is 0 Å². The van der Waals surface area contributed by atoms with Gasteiger partial charge in [-0.05, 0) is 25.1 Å². The Kier molecular flexibility index (Phi) is 3.37. The number of anilines is 1. The highest BCUT2D eigenvalue weighted by atomic mass is 16.7. The summed E-state index contributed by atoms with van der Waals surface area (Å²) in [7, 11) is 0. The molecule has 1 N–H and O–H groups in total. The van der Waals surface area contributed by atoms with E-state index in [2.05, 4.69) is 24.0 Å². The molecule has 0 amide bonds. The van der Waals surface area contributed by atoms with Gasteiger partial charge in [0, 0.05) is 30.4 Å². The summed E-state index contributed by atoms with van der Waals surface area (Å²) >= 11 is 0. The van der Waals surface area contributed by atoms with Crippen LogP contribution in [0.3, 0.4) is 0 Å².